The molecule has 10 nitrogen and oxygen atoms in total. The van der Waals surface area contributed by atoms with E-state index in [-0.39, 0.29) is 84.3 Å². The van der Waals surface area contributed by atoms with E-state index in [1.54, 1.807) is 37.1 Å². The Bertz CT molecular complexity index is 3450. The van der Waals surface area contributed by atoms with Gasteiger partial charge in [-0.2, -0.15) is 0 Å². The Hall–Kier alpha value is -6.55. The van der Waals surface area contributed by atoms with Crippen LogP contribution in [0, 0.1) is 27.1 Å². The molecule has 5 aromatic carbocycles. The van der Waals surface area contributed by atoms with Gasteiger partial charge < -0.3 is 25.5 Å². The maximum atomic E-state index is 12.6. The number of hydrogen-bond acceptors (Lipinski definition) is 10. The van der Waals surface area contributed by atoms with Crippen molar-refractivity contribution in [3.05, 3.63) is 116 Å². The van der Waals surface area contributed by atoms with Crippen molar-refractivity contribution in [1.29, 1.82) is 0 Å². The summed E-state index contributed by atoms with van der Waals surface area (Å²) >= 11 is 0. The first-order chi connectivity index (χ1) is 38.5. The van der Waals surface area contributed by atoms with Crippen LogP contribution in [0.4, 0.5) is 28.4 Å². The zero-order valence-corrected chi connectivity index (χ0v) is 56.7. The number of fused-ring (bicyclic) bond motifs is 10. The van der Waals surface area contributed by atoms with Crippen molar-refractivity contribution < 1.29 is 25.5 Å². The summed E-state index contributed by atoms with van der Waals surface area (Å²) in [4.78, 5) is 25.1. The van der Waals surface area contributed by atoms with Gasteiger partial charge >= 0.3 is 0 Å². The molecule has 0 saturated carbocycles. The Kier molecular flexibility index (Phi) is 18.8. The number of aliphatic imine (C=N–C) groups is 5. The smallest absolute Gasteiger partial charge is 0.150 e. The van der Waals surface area contributed by atoms with Crippen LogP contribution in [0.25, 0.3) is 0 Å². The summed E-state index contributed by atoms with van der Waals surface area (Å²) in [7, 11) is 0. The Labute approximate surface area is 512 Å². The van der Waals surface area contributed by atoms with E-state index in [0.29, 0.717) is 27.8 Å². The molecule has 85 heavy (non-hydrogen) atoms. The summed E-state index contributed by atoms with van der Waals surface area (Å²) in [5.41, 5.74) is 5.50. The van der Waals surface area contributed by atoms with Crippen LogP contribution in [-0.4, -0.2) is 56.6 Å². The summed E-state index contributed by atoms with van der Waals surface area (Å²) in [6.45, 7) is 54.9. The second kappa shape index (κ2) is 23.6. The van der Waals surface area contributed by atoms with Gasteiger partial charge in [-0.1, -0.05) is 179 Å². The van der Waals surface area contributed by atoms with Crippen LogP contribution in [0.2, 0.25) is 0 Å². The monoisotopic (exact) mass is 1160 g/mol. The second-order valence-corrected chi connectivity index (χ2v) is 34.0. The quantitative estimate of drug-likeness (QED) is 0.0921. The SMILES string of the molecule is CC(C)(C)CC(C)(C)c1cc2c(O)c(c1)N=Cc1cc(C(C)(C)CC(C)(C)C)cc(c1O)N=Cc1c(C(C)(C)CC(C)(C)C)ccc(c1O)N=Cc1cc(C(C)(C)CC(C)(C)C)cc(c1O)N=Cc1cc(C(C)(C)CC(C)(C)C)cc(c1O)N=C2. The fourth-order valence-electron chi connectivity index (χ4n) is 14.2. The van der Waals surface area contributed by atoms with E-state index < -0.39 is 27.1 Å². The number of benzene rings is 5. The molecule has 0 aromatic heterocycles. The lowest BCUT2D eigenvalue weighted by atomic mass is 9.71. The number of phenolic OH excluding ortho intramolecular Hbond substituents is 5. The van der Waals surface area contributed by atoms with E-state index in [1.165, 1.54) is 0 Å². The van der Waals surface area contributed by atoms with E-state index in [0.717, 1.165) is 59.9 Å². The van der Waals surface area contributed by atoms with E-state index in [4.69, 9.17) is 25.0 Å². The molecule has 6 rings (SSSR count). The molecule has 0 amide bonds. The molecule has 0 unspecified atom stereocenters. The summed E-state index contributed by atoms with van der Waals surface area (Å²) < 4.78 is 0. The van der Waals surface area contributed by atoms with Crippen LogP contribution < -0.4 is 0 Å². The molecular formula is C75H105N5O5. The third kappa shape index (κ3) is 17.3. The molecule has 5 N–H and O–H groups in total. The molecule has 0 aliphatic carbocycles. The predicted molar refractivity (Wildman–Crippen MR) is 362 cm³/mol. The molecular weight excluding hydrogens is 1050 g/mol. The number of hydrogen-bond donors (Lipinski definition) is 5. The second-order valence-electron chi connectivity index (χ2n) is 34.0. The van der Waals surface area contributed by atoms with Crippen molar-refractivity contribution in [2.75, 3.05) is 0 Å². The maximum absolute atomic E-state index is 12.6. The molecule has 0 atom stereocenters. The molecule has 0 fully saturated rings. The zero-order valence-electron chi connectivity index (χ0n) is 56.7. The van der Waals surface area contributed by atoms with Gasteiger partial charge in [-0.05, 0) is 169 Å². The third-order valence-corrected chi connectivity index (χ3v) is 16.1. The van der Waals surface area contributed by atoms with Crippen LogP contribution in [0.15, 0.2) is 85.6 Å². The van der Waals surface area contributed by atoms with Crippen molar-refractivity contribution in [1.82, 2.24) is 0 Å². The predicted octanol–water partition coefficient (Wildman–Crippen LogP) is 20.9. The van der Waals surface area contributed by atoms with Crippen molar-refractivity contribution in [3.8, 4) is 28.7 Å². The van der Waals surface area contributed by atoms with Crippen molar-refractivity contribution in [2.24, 2.45) is 52.0 Å². The van der Waals surface area contributed by atoms with Crippen LogP contribution in [0.5, 0.6) is 28.7 Å². The maximum Gasteiger partial charge on any atom is 0.150 e. The highest BCUT2D eigenvalue weighted by Gasteiger charge is 2.35. The van der Waals surface area contributed by atoms with Crippen LogP contribution in [0.3, 0.4) is 0 Å². The van der Waals surface area contributed by atoms with Gasteiger partial charge in [0.25, 0.3) is 0 Å². The molecule has 460 valence electrons. The lowest BCUT2D eigenvalue weighted by Gasteiger charge is -2.34. The molecule has 0 saturated heterocycles. The summed E-state index contributed by atoms with van der Waals surface area (Å²) in [5.74, 6) is -0.622. The summed E-state index contributed by atoms with van der Waals surface area (Å²) in [6.07, 6.45) is 11.9. The van der Waals surface area contributed by atoms with Crippen LogP contribution in [0.1, 0.15) is 261 Å². The van der Waals surface area contributed by atoms with Gasteiger partial charge in [0.1, 0.15) is 57.2 Å². The Morgan fingerprint density at radius 1 is 0.259 bits per heavy atom. The highest BCUT2D eigenvalue weighted by atomic mass is 16.3. The highest BCUT2D eigenvalue weighted by molar-refractivity contribution is 5.97. The molecule has 1 aliphatic rings. The van der Waals surface area contributed by atoms with Gasteiger partial charge in [-0.3, -0.25) is 25.0 Å². The van der Waals surface area contributed by atoms with Crippen molar-refractivity contribution in [3.63, 3.8) is 0 Å². The largest absolute Gasteiger partial charge is 0.505 e. The lowest BCUT2D eigenvalue weighted by Crippen LogP contribution is -2.26. The molecule has 0 radical (unpaired) electrons. The highest BCUT2D eigenvalue weighted by Crippen LogP contribution is 2.48. The average molecular weight is 1160 g/mol. The Morgan fingerprint density at radius 2 is 0.482 bits per heavy atom. The summed E-state index contributed by atoms with van der Waals surface area (Å²) in [5, 5.41) is 62.3. The first-order valence-electron chi connectivity index (χ1n) is 30.5. The van der Waals surface area contributed by atoms with E-state index in [2.05, 4.69) is 173 Å². The van der Waals surface area contributed by atoms with E-state index in [1.807, 2.05) is 54.6 Å². The standard InChI is InChI=1S/C75H105N5O5/c1-66(2,3)41-71(16,17)50-28-46-36-76-56-27-26-55(75(24,25)45-70(13,14)15)54(65(56)85)40-80-60-35-53(74(22,23)44-69(10,11)12)31-49(64(60)84)39-79-59-34-52(73(20,21)43-68(7,8)9)30-48(63(59)83)38-78-58-33-51(72(18,19)42-67(4,5)6)29-47(62(58)82)37-77-57(32-50)61(46)81/h26-40,81-85H,41-45H2,1-25H3. The lowest BCUT2D eigenvalue weighted by molar-refractivity contribution is 0.283. The number of aromatic hydroxyl groups is 5. The Balaban J connectivity index is 1.81. The number of nitrogens with zero attached hydrogens (tertiary/aromatic N) is 5. The van der Waals surface area contributed by atoms with E-state index in [9.17, 15) is 25.5 Å². The normalized spacial score (nSPS) is 14.4. The zero-order chi connectivity index (χ0) is 64.2. The molecule has 0 spiro atoms. The first-order valence-corrected chi connectivity index (χ1v) is 30.5. The molecule has 10 heteroatoms. The van der Waals surface area contributed by atoms with Crippen LogP contribution >= 0.6 is 0 Å². The molecule has 5 aromatic rings. The minimum atomic E-state index is -0.464. The number of rotatable bonds is 10. The first kappa shape index (κ1) is 67.6. The third-order valence-electron chi connectivity index (χ3n) is 16.1. The molecule has 1 aliphatic heterocycles. The van der Waals surface area contributed by atoms with Gasteiger partial charge in [-0.15, -0.1) is 0 Å². The fourth-order valence-corrected chi connectivity index (χ4v) is 14.2. The minimum absolute atomic E-state index is 0.0519. The van der Waals surface area contributed by atoms with Crippen molar-refractivity contribution in [2.45, 2.75) is 232 Å². The van der Waals surface area contributed by atoms with Crippen LogP contribution in [-0.2, 0) is 27.1 Å². The van der Waals surface area contributed by atoms with Crippen molar-refractivity contribution >= 4 is 59.5 Å². The van der Waals surface area contributed by atoms with E-state index >= 15 is 0 Å². The average Bonchev–Trinajstić information content (AvgIpc) is 1.78. The number of phenols is 5. The molecule has 1 heterocycles. The summed E-state index contributed by atoms with van der Waals surface area (Å²) in [6, 6.07) is 19.2. The van der Waals surface area contributed by atoms with Gasteiger partial charge in [0.05, 0.1) is 0 Å². The van der Waals surface area contributed by atoms with Gasteiger partial charge in [0.15, 0.2) is 0 Å². The fraction of sp³-hybridized carbons (Fsp3) is 0.533. The van der Waals surface area contributed by atoms with Gasteiger partial charge in [0.2, 0.25) is 0 Å². The van der Waals surface area contributed by atoms with Gasteiger partial charge in [0, 0.05) is 58.9 Å². The Morgan fingerprint density at radius 3 is 0.729 bits per heavy atom. The molecule has 10 bridgehead atoms. The van der Waals surface area contributed by atoms with Gasteiger partial charge in [-0.25, -0.2) is 0 Å². The topological polar surface area (TPSA) is 163 Å². The minimum Gasteiger partial charge on any atom is -0.505 e.